The van der Waals surface area contributed by atoms with E-state index in [-0.39, 0.29) is 6.10 Å². The molecule has 0 amide bonds. The number of aryl methyl sites for hydroxylation is 2. The molecule has 354 valence electrons. The zero-order valence-corrected chi connectivity index (χ0v) is 43.5. The van der Waals surface area contributed by atoms with Crippen LogP contribution in [-0.2, 0) is 0 Å². The fourth-order valence-electron chi connectivity index (χ4n) is 5.37. The van der Waals surface area contributed by atoms with E-state index >= 15 is 0 Å². The van der Waals surface area contributed by atoms with Crippen molar-refractivity contribution in [1.82, 2.24) is 29.9 Å². The lowest BCUT2D eigenvalue weighted by Gasteiger charge is -2.09. The third kappa shape index (κ3) is 24.2. The van der Waals surface area contributed by atoms with Crippen molar-refractivity contribution in [2.75, 3.05) is 7.11 Å². The molecule has 6 aromatic rings. The Balaban J connectivity index is 0.000000391. The molecule has 0 saturated carbocycles. The summed E-state index contributed by atoms with van der Waals surface area (Å²) in [5.74, 6) is 4.04. The summed E-state index contributed by atoms with van der Waals surface area (Å²) in [5.41, 5.74) is 9.68. The molecule has 6 aromatic heterocycles. The maximum Gasteiger partial charge on any atom is 0.213 e. The van der Waals surface area contributed by atoms with Gasteiger partial charge in [-0.2, -0.15) is 4.39 Å². The minimum absolute atomic E-state index is 0.192. The third-order valence-corrected chi connectivity index (χ3v) is 10.1. The Morgan fingerprint density at radius 3 is 1.28 bits per heavy atom. The highest BCUT2D eigenvalue weighted by Crippen LogP contribution is 2.25. The van der Waals surface area contributed by atoms with Gasteiger partial charge in [-0.1, -0.05) is 131 Å². The summed E-state index contributed by atoms with van der Waals surface area (Å²) < 4.78 is 22.6. The second kappa shape index (κ2) is 31.0. The lowest BCUT2D eigenvalue weighted by Crippen LogP contribution is -2.06. The molecule has 6 rings (SSSR count). The second-order valence-electron chi connectivity index (χ2n) is 17.6. The first-order valence-electron chi connectivity index (χ1n) is 22.4. The first-order valence-corrected chi connectivity index (χ1v) is 23.2. The maximum absolute atomic E-state index is 12.2. The van der Waals surface area contributed by atoms with Crippen molar-refractivity contribution in [3.8, 4) is 11.8 Å². The normalized spacial score (nSPS) is 10.5. The second-order valence-corrected chi connectivity index (χ2v) is 18.4. The lowest BCUT2D eigenvalue weighted by atomic mass is 10.0. The molecule has 0 atom stereocenters. The largest absolute Gasteiger partial charge is 0.481 e. The van der Waals surface area contributed by atoms with Crippen LogP contribution in [0.1, 0.15) is 177 Å². The summed E-state index contributed by atoms with van der Waals surface area (Å²) in [6, 6.07) is 19.0. The van der Waals surface area contributed by atoms with Gasteiger partial charge in [0.1, 0.15) is 5.15 Å². The number of rotatable bonds is 9. The van der Waals surface area contributed by atoms with E-state index in [4.69, 9.17) is 32.7 Å². The van der Waals surface area contributed by atoms with Crippen LogP contribution in [0.5, 0.6) is 11.8 Å². The van der Waals surface area contributed by atoms with Crippen LogP contribution in [0.2, 0.25) is 10.2 Å². The third-order valence-electron chi connectivity index (χ3n) is 9.61. The molecule has 0 saturated heterocycles. The molecule has 0 aromatic carbocycles. The fraction of sp³-hybridized carbons (Fsp3) is 0.444. The smallest absolute Gasteiger partial charge is 0.213 e. The number of nitrogens with zero attached hydrogens (tertiary/aromatic N) is 6. The fourth-order valence-corrected chi connectivity index (χ4v) is 5.96. The van der Waals surface area contributed by atoms with Crippen molar-refractivity contribution in [3.63, 3.8) is 0 Å². The van der Waals surface area contributed by atoms with Crippen molar-refractivity contribution in [3.05, 3.63) is 165 Å². The Morgan fingerprint density at radius 2 is 0.938 bits per heavy atom. The number of hydrogen-bond acceptors (Lipinski definition) is 8. The highest BCUT2D eigenvalue weighted by Gasteiger charge is 2.06. The molecule has 0 radical (unpaired) electrons. The molecule has 6 heterocycles. The number of aromatic nitrogens is 6. The van der Waals surface area contributed by atoms with Gasteiger partial charge in [-0.05, 0) is 126 Å². The van der Waals surface area contributed by atoms with E-state index in [1.54, 1.807) is 31.6 Å². The van der Waals surface area contributed by atoms with Crippen molar-refractivity contribution < 1.29 is 13.9 Å². The van der Waals surface area contributed by atoms with E-state index in [2.05, 4.69) is 144 Å². The number of halogens is 3. The Labute approximate surface area is 401 Å². The summed E-state index contributed by atoms with van der Waals surface area (Å²) in [4.78, 5) is 24.1. The zero-order valence-electron chi connectivity index (χ0n) is 42.0. The summed E-state index contributed by atoms with van der Waals surface area (Å²) in [7, 11) is 1.62. The summed E-state index contributed by atoms with van der Waals surface area (Å²) in [6.07, 6.45) is 12.9. The van der Waals surface area contributed by atoms with Gasteiger partial charge in [-0.3, -0.25) is 9.97 Å². The van der Waals surface area contributed by atoms with E-state index in [0.717, 1.165) is 16.8 Å². The molecule has 0 aliphatic rings. The van der Waals surface area contributed by atoms with Gasteiger partial charge in [-0.25, -0.2) is 19.9 Å². The van der Waals surface area contributed by atoms with Crippen molar-refractivity contribution in [2.45, 2.75) is 152 Å². The van der Waals surface area contributed by atoms with Crippen LogP contribution in [0.4, 0.5) is 4.39 Å². The van der Waals surface area contributed by atoms with E-state index in [1.807, 2.05) is 70.0 Å². The molecular weight excluding hydrogens is 855 g/mol. The molecule has 0 bridgehead atoms. The van der Waals surface area contributed by atoms with Crippen LogP contribution >= 0.6 is 23.2 Å². The van der Waals surface area contributed by atoms with Gasteiger partial charge >= 0.3 is 0 Å². The molecule has 0 aliphatic carbocycles. The molecular formula is C54H75Cl2FN6O2. The molecule has 0 spiro atoms. The molecule has 0 aliphatic heterocycles. The minimum atomic E-state index is -0.413. The Kier molecular flexibility index (Phi) is 27.7. The average molecular weight is 930 g/mol. The van der Waals surface area contributed by atoms with Gasteiger partial charge in [0.15, 0.2) is 0 Å². The number of pyridine rings is 6. The predicted octanol–water partition coefficient (Wildman–Crippen LogP) is 16.1. The van der Waals surface area contributed by atoms with Crippen molar-refractivity contribution in [1.29, 1.82) is 0 Å². The Hall–Kier alpha value is -4.99. The van der Waals surface area contributed by atoms with Crippen LogP contribution in [-0.4, -0.2) is 43.1 Å². The average Bonchev–Trinajstić information content (AvgIpc) is 3.25. The topological polar surface area (TPSA) is 95.8 Å². The first kappa shape index (κ1) is 58.0. The summed E-state index contributed by atoms with van der Waals surface area (Å²) >= 11 is 11.5. The Morgan fingerprint density at radius 1 is 0.477 bits per heavy atom. The van der Waals surface area contributed by atoms with E-state index < -0.39 is 5.95 Å². The van der Waals surface area contributed by atoms with Gasteiger partial charge in [0.05, 0.1) is 13.2 Å². The van der Waals surface area contributed by atoms with Crippen LogP contribution in [0, 0.1) is 19.8 Å². The van der Waals surface area contributed by atoms with Crippen LogP contribution in [0.25, 0.3) is 0 Å². The number of hydrogen-bond donors (Lipinski definition) is 0. The quantitative estimate of drug-likeness (QED) is 0.132. The van der Waals surface area contributed by atoms with Gasteiger partial charge in [-0.15, -0.1) is 0 Å². The molecule has 8 nitrogen and oxygen atoms in total. The van der Waals surface area contributed by atoms with E-state index in [0.29, 0.717) is 57.4 Å². The highest BCUT2D eigenvalue weighted by molar-refractivity contribution is 6.34. The van der Waals surface area contributed by atoms with Gasteiger partial charge in [0.2, 0.25) is 17.7 Å². The van der Waals surface area contributed by atoms with Crippen molar-refractivity contribution >= 4 is 23.2 Å². The monoisotopic (exact) mass is 929 g/mol. The SMILES string of the molecule is CC(C)Oc1ccc(C(C)C)cn1.CC(C)c1ccc(F)nc1.CC(C)c1cnc(Cl)cc1Cl.COc1ccc(C(C)C)cn1.Cc1ccc(C(C)C)cn1.Cc1ccncc1C(C)C. The molecule has 0 unspecified atom stereocenters. The molecule has 0 N–H and O–H groups in total. The summed E-state index contributed by atoms with van der Waals surface area (Å²) in [6.45, 7) is 33.7. The molecule has 11 heteroatoms. The maximum atomic E-state index is 12.2. The number of ether oxygens (including phenoxy) is 2. The van der Waals surface area contributed by atoms with Crippen LogP contribution in [0.15, 0.2) is 104 Å². The molecule has 65 heavy (non-hydrogen) atoms. The van der Waals surface area contributed by atoms with Gasteiger partial charge in [0, 0.05) is 66.2 Å². The zero-order chi connectivity index (χ0) is 49.2. The lowest BCUT2D eigenvalue weighted by molar-refractivity contribution is 0.232. The first-order chi connectivity index (χ1) is 30.5. The highest BCUT2D eigenvalue weighted by atomic mass is 35.5. The van der Waals surface area contributed by atoms with Crippen molar-refractivity contribution in [2.24, 2.45) is 0 Å². The van der Waals surface area contributed by atoms with Crippen LogP contribution in [0.3, 0.4) is 0 Å². The van der Waals surface area contributed by atoms with Gasteiger partial charge in [0.25, 0.3) is 0 Å². The number of methoxy groups -OCH3 is 1. The standard InChI is InChI=1S/C11H17NO.C9H13NO.2C9H13N.C8H9Cl2N.C8H10FN/c1-8(2)10-5-6-11(12-7-10)13-9(3)4;1-7(2)8-4-5-9(11-3)10-6-8;1-7(2)9-6-10-5-4-8(9)3;1-7(2)9-5-4-8(3)10-6-9;1-5(2)6-4-11-8(10)3-7(6)9;1-6(2)7-3-4-8(9)10-5-7/h5-9H,1-4H3;4-7H,1-3H3;2*4-7H,1-3H3;3-5H,1-2H3;3-6H,1-2H3. The Bertz CT molecular complexity index is 2110. The summed E-state index contributed by atoms with van der Waals surface area (Å²) in [5, 5.41) is 1.14. The minimum Gasteiger partial charge on any atom is -0.481 e. The van der Waals surface area contributed by atoms with Crippen LogP contribution < -0.4 is 9.47 Å². The predicted molar refractivity (Wildman–Crippen MR) is 272 cm³/mol. The van der Waals surface area contributed by atoms with E-state index in [9.17, 15) is 4.39 Å². The van der Waals surface area contributed by atoms with E-state index in [1.165, 1.54) is 33.9 Å². The van der Waals surface area contributed by atoms with Gasteiger partial charge < -0.3 is 9.47 Å². The molecule has 0 fully saturated rings.